The van der Waals surface area contributed by atoms with Crippen LogP contribution in [0.2, 0.25) is 10.3 Å². The molecule has 19 heavy (non-hydrogen) atoms. The number of hydrogen-bond acceptors (Lipinski definition) is 5. The lowest BCUT2D eigenvalue weighted by atomic mass is 10.2. The minimum Gasteiger partial charge on any atom is -0.382 e. The number of rotatable bonds is 3. The van der Waals surface area contributed by atoms with Gasteiger partial charge in [0.15, 0.2) is 10.3 Å². The highest BCUT2D eigenvalue weighted by Gasteiger charge is 2.07. The summed E-state index contributed by atoms with van der Waals surface area (Å²) in [7, 11) is 0. The summed E-state index contributed by atoms with van der Waals surface area (Å²) in [6.45, 7) is 2.19. The third-order valence-electron chi connectivity index (χ3n) is 2.33. The molecular formula is C12H11Cl2N5. The molecule has 0 unspecified atom stereocenters. The van der Waals surface area contributed by atoms with E-state index in [1.165, 1.54) is 0 Å². The Hall–Kier alpha value is -1.72. The van der Waals surface area contributed by atoms with Crippen molar-refractivity contribution in [3.8, 4) is 0 Å². The van der Waals surface area contributed by atoms with E-state index in [1.54, 1.807) is 0 Å². The molecule has 0 radical (unpaired) electrons. The van der Waals surface area contributed by atoms with Gasteiger partial charge in [-0.2, -0.15) is 10.2 Å². The van der Waals surface area contributed by atoms with Crippen LogP contribution in [0.15, 0.2) is 34.5 Å². The molecule has 1 aromatic carbocycles. The molecule has 2 aromatic rings. The van der Waals surface area contributed by atoms with Crippen molar-refractivity contribution in [1.82, 2.24) is 9.97 Å². The second-order valence-corrected chi connectivity index (χ2v) is 4.59. The van der Waals surface area contributed by atoms with Crippen LogP contribution in [-0.2, 0) is 6.54 Å². The van der Waals surface area contributed by atoms with E-state index < -0.39 is 0 Å². The highest BCUT2D eigenvalue weighted by Crippen LogP contribution is 2.21. The Labute approximate surface area is 120 Å². The largest absolute Gasteiger partial charge is 0.382 e. The molecule has 0 fully saturated rings. The monoisotopic (exact) mass is 295 g/mol. The van der Waals surface area contributed by atoms with Gasteiger partial charge in [-0.3, -0.25) is 0 Å². The van der Waals surface area contributed by atoms with Gasteiger partial charge in [0.2, 0.25) is 0 Å². The van der Waals surface area contributed by atoms with Gasteiger partial charge in [-0.1, -0.05) is 35.3 Å². The van der Waals surface area contributed by atoms with Gasteiger partial charge in [-0.25, -0.2) is 9.97 Å². The third-order valence-corrected chi connectivity index (χ3v) is 2.95. The fraction of sp³-hybridized carbons (Fsp3) is 0.167. The van der Waals surface area contributed by atoms with Crippen LogP contribution < -0.4 is 5.73 Å². The van der Waals surface area contributed by atoms with Crippen LogP contribution in [-0.4, -0.2) is 9.97 Å². The molecule has 0 aliphatic rings. The van der Waals surface area contributed by atoms with Crippen LogP contribution in [0.4, 0.5) is 11.5 Å². The number of aromatic nitrogens is 2. The van der Waals surface area contributed by atoms with Crippen LogP contribution in [0.3, 0.4) is 0 Å². The van der Waals surface area contributed by atoms with Crippen molar-refractivity contribution in [1.29, 1.82) is 0 Å². The van der Waals surface area contributed by atoms with Gasteiger partial charge < -0.3 is 5.73 Å². The lowest BCUT2D eigenvalue weighted by Gasteiger charge is -2.02. The van der Waals surface area contributed by atoms with Gasteiger partial charge in [-0.05, 0) is 24.6 Å². The maximum atomic E-state index is 5.77. The molecule has 2 rings (SSSR count). The second kappa shape index (κ2) is 5.95. The number of azo groups is 1. The van der Waals surface area contributed by atoms with Gasteiger partial charge in [0, 0.05) is 0 Å². The first-order valence-corrected chi connectivity index (χ1v) is 6.23. The molecular weight excluding hydrogens is 285 g/mol. The highest BCUT2D eigenvalue weighted by atomic mass is 35.5. The summed E-state index contributed by atoms with van der Waals surface area (Å²) in [6.07, 6.45) is 0. The topological polar surface area (TPSA) is 76.5 Å². The minimum atomic E-state index is 0.0820. The van der Waals surface area contributed by atoms with E-state index in [0.717, 1.165) is 11.3 Å². The number of benzene rings is 1. The first kappa shape index (κ1) is 13.7. The Morgan fingerprint density at radius 3 is 2.68 bits per heavy atom. The van der Waals surface area contributed by atoms with Crippen molar-refractivity contribution in [3.63, 3.8) is 0 Å². The summed E-state index contributed by atoms with van der Waals surface area (Å²) < 4.78 is 0. The first-order chi connectivity index (χ1) is 9.06. The quantitative estimate of drug-likeness (QED) is 0.871. The van der Waals surface area contributed by atoms with Crippen molar-refractivity contribution >= 4 is 34.7 Å². The average molecular weight is 296 g/mol. The summed E-state index contributed by atoms with van der Waals surface area (Å²) in [5.74, 6) is 0.206. The van der Waals surface area contributed by atoms with Gasteiger partial charge in [0.25, 0.3) is 0 Å². The number of aryl methyl sites for hydroxylation is 1. The van der Waals surface area contributed by atoms with E-state index in [2.05, 4.69) is 20.2 Å². The molecule has 2 N–H and O–H groups in total. The Balaban J connectivity index is 2.12. The standard InChI is InChI=1S/C12H11Cl2N5/c1-7-3-2-4-8(5-7)19-16-6-9-12(15)18-11(14)10(13)17-9/h2-5H,6H2,1H3,(H2,15,18). The summed E-state index contributed by atoms with van der Waals surface area (Å²) >= 11 is 11.5. The van der Waals surface area contributed by atoms with Gasteiger partial charge in [0.05, 0.1) is 5.69 Å². The molecule has 98 valence electrons. The lowest BCUT2D eigenvalue weighted by Crippen LogP contribution is -2.01. The third kappa shape index (κ3) is 3.62. The smallest absolute Gasteiger partial charge is 0.168 e. The van der Waals surface area contributed by atoms with E-state index in [4.69, 9.17) is 28.9 Å². The summed E-state index contributed by atoms with van der Waals surface area (Å²) in [5.41, 5.74) is 8.01. The average Bonchev–Trinajstić information content (AvgIpc) is 2.35. The molecule has 0 bridgehead atoms. The number of nitrogens with zero attached hydrogens (tertiary/aromatic N) is 4. The molecule has 7 heteroatoms. The van der Waals surface area contributed by atoms with Crippen molar-refractivity contribution in [2.24, 2.45) is 10.2 Å². The first-order valence-electron chi connectivity index (χ1n) is 5.48. The van der Waals surface area contributed by atoms with Crippen molar-refractivity contribution in [2.45, 2.75) is 13.5 Å². The van der Waals surface area contributed by atoms with E-state index in [1.807, 2.05) is 31.2 Å². The van der Waals surface area contributed by atoms with Crippen molar-refractivity contribution < 1.29 is 0 Å². The van der Waals surface area contributed by atoms with Gasteiger partial charge in [0.1, 0.15) is 18.1 Å². The van der Waals surface area contributed by atoms with E-state index in [9.17, 15) is 0 Å². The zero-order valence-electron chi connectivity index (χ0n) is 10.1. The Morgan fingerprint density at radius 2 is 1.95 bits per heavy atom. The maximum absolute atomic E-state index is 5.77. The molecule has 0 atom stereocenters. The highest BCUT2D eigenvalue weighted by molar-refractivity contribution is 6.40. The molecule has 0 amide bonds. The Bertz CT molecular complexity index is 628. The molecule has 0 saturated heterocycles. The van der Waals surface area contributed by atoms with Crippen molar-refractivity contribution in [2.75, 3.05) is 5.73 Å². The zero-order valence-corrected chi connectivity index (χ0v) is 11.7. The Morgan fingerprint density at radius 1 is 1.21 bits per heavy atom. The summed E-state index contributed by atoms with van der Waals surface area (Å²) in [5, 5.41) is 8.30. The molecule has 1 heterocycles. The van der Waals surface area contributed by atoms with Crippen LogP contribution >= 0.6 is 23.2 Å². The number of hydrogen-bond donors (Lipinski definition) is 1. The number of nitrogens with two attached hydrogens (primary N) is 1. The van der Waals surface area contributed by atoms with Crippen LogP contribution in [0.5, 0.6) is 0 Å². The fourth-order valence-corrected chi connectivity index (χ4v) is 1.71. The van der Waals surface area contributed by atoms with Crippen molar-refractivity contribution in [3.05, 3.63) is 45.8 Å². The maximum Gasteiger partial charge on any atom is 0.168 e. The molecule has 0 aliphatic carbocycles. The Kier molecular flexibility index (Phi) is 4.29. The zero-order chi connectivity index (χ0) is 13.8. The SMILES string of the molecule is Cc1cccc(N=NCc2nc(Cl)c(Cl)nc2N)c1. The second-order valence-electron chi connectivity index (χ2n) is 3.88. The van der Waals surface area contributed by atoms with E-state index in [0.29, 0.717) is 5.69 Å². The number of nitrogen functional groups attached to an aromatic ring is 1. The van der Waals surface area contributed by atoms with Gasteiger partial charge >= 0.3 is 0 Å². The van der Waals surface area contributed by atoms with E-state index in [-0.39, 0.29) is 22.7 Å². The predicted molar refractivity (Wildman–Crippen MR) is 75.9 cm³/mol. The molecule has 0 spiro atoms. The predicted octanol–water partition coefficient (Wildman–Crippen LogP) is 3.96. The molecule has 0 aliphatic heterocycles. The van der Waals surface area contributed by atoms with Crippen LogP contribution in [0.25, 0.3) is 0 Å². The summed E-state index contributed by atoms with van der Waals surface area (Å²) in [6, 6.07) is 7.69. The lowest BCUT2D eigenvalue weighted by molar-refractivity contribution is 0.906. The number of halogens is 2. The van der Waals surface area contributed by atoms with Gasteiger partial charge in [-0.15, -0.1) is 0 Å². The number of anilines is 1. The molecule has 0 saturated carbocycles. The minimum absolute atomic E-state index is 0.0820. The van der Waals surface area contributed by atoms with Crippen LogP contribution in [0, 0.1) is 6.92 Å². The molecule has 1 aromatic heterocycles. The molecule has 5 nitrogen and oxygen atoms in total. The fourth-order valence-electron chi connectivity index (χ4n) is 1.43. The normalized spacial score (nSPS) is 11.1. The van der Waals surface area contributed by atoms with Crippen LogP contribution in [0.1, 0.15) is 11.3 Å². The van der Waals surface area contributed by atoms with E-state index >= 15 is 0 Å². The summed E-state index contributed by atoms with van der Waals surface area (Å²) in [4.78, 5) is 7.87.